The second kappa shape index (κ2) is 8.45. The molecule has 28 heavy (non-hydrogen) atoms. The van der Waals surface area contributed by atoms with E-state index in [1.165, 1.54) is 36.4 Å². The maximum atomic E-state index is 12.2. The van der Waals surface area contributed by atoms with E-state index in [9.17, 15) is 19.7 Å². The first-order chi connectivity index (χ1) is 13.4. The van der Waals surface area contributed by atoms with Crippen LogP contribution in [0.2, 0.25) is 5.02 Å². The highest BCUT2D eigenvalue weighted by Gasteiger charge is 2.10. The second-order valence-corrected chi connectivity index (χ2v) is 6.36. The zero-order chi connectivity index (χ0) is 20.1. The van der Waals surface area contributed by atoms with Crippen LogP contribution in [0.1, 0.15) is 5.56 Å². The first-order valence-corrected chi connectivity index (χ1v) is 8.64. The van der Waals surface area contributed by atoms with Gasteiger partial charge in [-0.15, -0.1) is 0 Å². The Morgan fingerprint density at radius 1 is 1.07 bits per heavy atom. The van der Waals surface area contributed by atoms with Crippen LogP contribution in [0.3, 0.4) is 0 Å². The van der Waals surface area contributed by atoms with Gasteiger partial charge in [0.15, 0.2) is 0 Å². The molecular formula is C19H15ClN4O4. The first-order valence-electron chi connectivity index (χ1n) is 8.26. The Morgan fingerprint density at radius 2 is 1.75 bits per heavy atom. The van der Waals surface area contributed by atoms with E-state index in [0.717, 1.165) is 10.2 Å². The highest BCUT2D eigenvalue weighted by atomic mass is 35.5. The number of nitrogens with zero attached hydrogens (tertiary/aromatic N) is 3. The van der Waals surface area contributed by atoms with Crippen LogP contribution in [-0.4, -0.2) is 20.6 Å². The van der Waals surface area contributed by atoms with E-state index in [2.05, 4.69) is 10.4 Å². The Morgan fingerprint density at radius 3 is 2.39 bits per heavy atom. The molecule has 1 N–H and O–H groups in total. The summed E-state index contributed by atoms with van der Waals surface area (Å²) in [5.41, 5.74) is 1.43. The average Bonchev–Trinajstić information content (AvgIpc) is 2.69. The summed E-state index contributed by atoms with van der Waals surface area (Å²) in [6, 6.07) is 15.6. The molecule has 0 radical (unpaired) electrons. The third-order valence-electron chi connectivity index (χ3n) is 3.94. The van der Waals surface area contributed by atoms with Crippen LogP contribution in [0, 0.1) is 10.1 Å². The highest BCUT2D eigenvalue weighted by molar-refractivity contribution is 6.30. The second-order valence-electron chi connectivity index (χ2n) is 5.92. The molecule has 0 aliphatic heterocycles. The van der Waals surface area contributed by atoms with Gasteiger partial charge in [0.25, 0.3) is 11.2 Å². The molecule has 2 aromatic carbocycles. The molecule has 142 valence electrons. The number of hydrogen-bond acceptors (Lipinski definition) is 5. The summed E-state index contributed by atoms with van der Waals surface area (Å²) in [5, 5.41) is 18.2. The van der Waals surface area contributed by atoms with Crippen LogP contribution in [0.4, 0.5) is 5.69 Å². The summed E-state index contributed by atoms with van der Waals surface area (Å²) in [4.78, 5) is 34.4. The van der Waals surface area contributed by atoms with E-state index in [1.807, 2.05) is 0 Å². The Bertz CT molecular complexity index is 1060. The molecule has 1 amide bonds. The number of carbonyl (C=O) groups excluding carboxylic acids is 1. The van der Waals surface area contributed by atoms with Crippen LogP contribution in [0.15, 0.2) is 65.5 Å². The predicted octanol–water partition coefficient (Wildman–Crippen LogP) is 2.79. The van der Waals surface area contributed by atoms with Gasteiger partial charge in [-0.1, -0.05) is 23.7 Å². The number of carbonyl (C=O) groups is 1. The monoisotopic (exact) mass is 398 g/mol. The fourth-order valence-corrected chi connectivity index (χ4v) is 2.59. The van der Waals surface area contributed by atoms with E-state index in [1.54, 1.807) is 24.3 Å². The Kier molecular flexibility index (Phi) is 5.81. The van der Waals surface area contributed by atoms with Gasteiger partial charge in [-0.2, -0.15) is 5.10 Å². The molecule has 8 nitrogen and oxygen atoms in total. The Labute approximate surface area is 164 Å². The number of amides is 1. The minimum absolute atomic E-state index is 0.0429. The molecule has 0 fully saturated rings. The fraction of sp³-hybridized carbons (Fsp3) is 0.105. The van der Waals surface area contributed by atoms with Crippen molar-refractivity contribution in [1.82, 2.24) is 15.1 Å². The molecule has 0 atom stereocenters. The summed E-state index contributed by atoms with van der Waals surface area (Å²) >= 11 is 5.82. The van der Waals surface area contributed by atoms with E-state index < -0.39 is 10.5 Å². The summed E-state index contributed by atoms with van der Waals surface area (Å²) in [6.45, 7) is 0.0556. The molecule has 0 bridgehead atoms. The van der Waals surface area contributed by atoms with E-state index in [0.29, 0.717) is 22.8 Å². The quantitative estimate of drug-likeness (QED) is 0.507. The number of aromatic nitrogens is 2. The van der Waals surface area contributed by atoms with Crippen molar-refractivity contribution in [2.75, 3.05) is 0 Å². The van der Waals surface area contributed by atoms with Gasteiger partial charge in [-0.05, 0) is 35.9 Å². The van der Waals surface area contributed by atoms with Crippen molar-refractivity contribution < 1.29 is 9.72 Å². The van der Waals surface area contributed by atoms with Gasteiger partial charge in [0.1, 0.15) is 6.54 Å². The molecule has 1 aromatic heterocycles. The van der Waals surface area contributed by atoms with Gasteiger partial charge >= 0.3 is 0 Å². The fourth-order valence-electron chi connectivity index (χ4n) is 2.46. The third kappa shape index (κ3) is 4.80. The molecule has 3 aromatic rings. The maximum Gasteiger partial charge on any atom is 0.269 e. The van der Waals surface area contributed by atoms with Crippen molar-refractivity contribution in [2.24, 2.45) is 0 Å². The van der Waals surface area contributed by atoms with Crippen LogP contribution in [0.25, 0.3) is 11.3 Å². The first kappa shape index (κ1) is 19.2. The van der Waals surface area contributed by atoms with Gasteiger partial charge < -0.3 is 5.32 Å². The summed E-state index contributed by atoms with van der Waals surface area (Å²) < 4.78 is 1.05. The molecule has 0 aliphatic carbocycles. The van der Waals surface area contributed by atoms with Crippen molar-refractivity contribution >= 4 is 23.2 Å². The third-order valence-corrected chi connectivity index (χ3v) is 4.19. The average molecular weight is 399 g/mol. The van der Waals surface area contributed by atoms with Crippen molar-refractivity contribution in [3.63, 3.8) is 0 Å². The molecule has 3 rings (SSSR count). The zero-order valence-corrected chi connectivity index (χ0v) is 15.3. The summed E-state index contributed by atoms with van der Waals surface area (Å²) in [7, 11) is 0. The van der Waals surface area contributed by atoms with Crippen LogP contribution >= 0.6 is 11.6 Å². The maximum absolute atomic E-state index is 12.2. The molecule has 0 saturated carbocycles. The van der Waals surface area contributed by atoms with E-state index in [-0.39, 0.29) is 18.1 Å². The largest absolute Gasteiger partial charge is 0.350 e. The topological polar surface area (TPSA) is 107 Å². The van der Waals surface area contributed by atoms with Crippen LogP contribution in [0.5, 0.6) is 0 Å². The zero-order valence-electron chi connectivity index (χ0n) is 14.5. The van der Waals surface area contributed by atoms with Crippen molar-refractivity contribution in [1.29, 1.82) is 0 Å². The standard InChI is InChI=1S/C19H15ClN4O4/c20-15-5-1-13(2-6-15)11-21-18(25)12-23-19(26)10-9-17(22-23)14-3-7-16(8-4-14)24(27)28/h1-10H,11-12H2,(H,21,25). The van der Waals surface area contributed by atoms with Gasteiger partial charge in [-0.3, -0.25) is 19.7 Å². The molecule has 0 saturated heterocycles. The lowest BCUT2D eigenvalue weighted by Crippen LogP contribution is -2.33. The SMILES string of the molecule is O=C(Cn1nc(-c2ccc([N+](=O)[O-])cc2)ccc1=O)NCc1ccc(Cl)cc1. The molecule has 0 spiro atoms. The van der Waals surface area contributed by atoms with E-state index >= 15 is 0 Å². The van der Waals surface area contributed by atoms with Crippen molar-refractivity contribution in [3.05, 3.63) is 91.7 Å². The number of rotatable bonds is 6. The number of nitrogens with one attached hydrogen (secondary N) is 1. The normalized spacial score (nSPS) is 10.5. The van der Waals surface area contributed by atoms with Gasteiger partial charge in [0.2, 0.25) is 5.91 Å². The number of nitro groups is 1. The predicted molar refractivity (Wildman–Crippen MR) is 104 cm³/mol. The lowest BCUT2D eigenvalue weighted by molar-refractivity contribution is -0.384. The van der Waals surface area contributed by atoms with Gasteiger partial charge in [-0.25, -0.2) is 4.68 Å². The van der Waals surface area contributed by atoms with Crippen molar-refractivity contribution in [2.45, 2.75) is 13.1 Å². The van der Waals surface area contributed by atoms with Crippen LogP contribution < -0.4 is 10.9 Å². The number of nitro benzene ring substituents is 1. The highest BCUT2D eigenvalue weighted by Crippen LogP contribution is 2.19. The minimum Gasteiger partial charge on any atom is -0.350 e. The molecule has 0 unspecified atom stereocenters. The molecule has 1 heterocycles. The van der Waals surface area contributed by atoms with E-state index in [4.69, 9.17) is 11.6 Å². The summed E-state index contributed by atoms with van der Waals surface area (Å²) in [5.74, 6) is -0.370. The molecule has 0 aliphatic rings. The lowest BCUT2D eigenvalue weighted by atomic mass is 10.1. The Hall–Kier alpha value is -3.52. The van der Waals surface area contributed by atoms with Gasteiger partial charge in [0, 0.05) is 35.3 Å². The minimum atomic E-state index is -0.497. The van der Waals surface area contributed by atoms with Gasteiger partial charge in [0.05, 0.1) is 10.6 Å². The number of benzene rings is 2. The Balaban J connectivity index is 1.70. The molecule has 9 heteroatoms. The lowest BCUT2D eigenvalue weighted by Gasteiger charge is -2.08. The number of hydrogen-bond donors (Lipinski definition) is 1. The number of non-ortho nitro benzene ring substituents is 1. The summed E-state index contributed by atoms with van der Waals surface area (Å²) in [6.07, 6.45) is 0. The number of halogens is 1. The van der Waals surface area contributed by atoms with Crippen LogP contribution in [-0.2, 0) is 17.9 Å². The smallest absolute Gasteiger partial charge is 0.269 e. The van der Waals surface area contributed by atoms with Crippen molar-refractivity contribution in [3.8, 4) is 11.3 Å². The molecular weight excluding hydrogens is 384 g/mol.